The zero-order chi connectivity index (χ0) is 18.6. The average Bonchev–Trinajstić information content (AvgIpc) is 2.69. The van der Waals surface area contributed by atoms with Gasteiger partial charge in [-0.2, -0.15) is 0 Å². The maximum absolute atomic E-state index is 12.6. The van der Waals surface area contributed by atoms with Gasteiger partial charge in [-0.05, 0) is 25.1 Å². The van der Waals surface area contributed by atoms with E-state index < -0.39 is 11.7 Å². The normalized spacial score (nSPS) is 22.5. The number of nitrogens with zero attached hydrogens (tertiary/aromatic N) is 1. The Balaban J connectivity index is 1.59. The molecule has 0 unspecified atom stereocenters. The van der Waals surface area contributed by atoms with E-state index in [9.17, 15) is 4.79 Å². The second-order valence-electron chi connectivity index (χ2n) is 6.33. The fraction of sp³-hybridized carbons (Fsp3) is 0.368. The van der Waals surface area contributed by atoms with Gasteiger partial charge < -0.3 is 24.3 Å². The van der Waals surface area contributed by atoms with Crippen LogP contribution < -0.4 is 14.8 Å². The van der Waals surface area contributed by atoms with Crippen LogP contribution in [0.3, 0.4) is 0 Å². The second kappa shape index (κ2) is 7.72. The third-order valence-electron chi connectivity index (χ3n) is 4.25. The van der Waals surface area contributed by atoms with Gasteiger partial charge in [0.2, 0.25) is 11.8 Å². The molecule has 0 atom stereocenters. The number of rotatable bonds is 5. The molecular weight excluding hydrogens is 336 g/mol. The zero-order valence-corrected chi connectivity index (χ0v) is 15.0. The predicted molar refractivity (Wildman–Crippen MR) is 95.2 cm³/mol. The maximum Gasteiger partial charge on any atom is 0.235 e. The van der Waals surface area contributed by atoms with E-state index in [2.05, 4.69) is 10.3 Å². The van der Waals surface area contributed by atoms with Gasteiger partial charge in [0.25, 0.3) is 0 Å². The van der Waals surface area contributed by atoms with Crippen LogP contribution in [-0.2, 0) is 14.3 Å². The highest BCUT2D eigenvalue weighted by Gasteiger charge is 2.40. The molecule has 1 fully saturated rings. The van der Waals surface area contributed by atoms with Crippen molar-refractivity contribution in [2.75, 3.05) is 32.8 Å². The van der Waals surface area contributed by atoms with Crippen LogP contribution in [0, 0.1) is 5.41 Å². The molecule has 2 aromatic rings. The zero-order valence-electron chi connectivity index (χ0n) is 15.0. The summed E-state index contributed by atoms with van der Waals surface area (Å²) in [6, 6.07) is 10.9. The van der Waals surface area contributed by atoms with Crippen molar-refractivity contribution in [1.29, 1.82) is 0 Å². The highest BCUT2D eigenvalue weighted by atomic mass is 16.7. The quantitative estimate of drug-likeness (QED) is 0.885. The summed E-state index contributed by atoms with van der Waals surface area (Å²) in [5, 5.41) is 2.84. The van der Waals surface area contributed by atoms with Gasteiger partial charge in [0, 0.05) is 11.6 Å². The molecule has 1 N–H and O–H groups in total. The van der Waals surface area contributed by atoms with Gasteiger partial charge in [-0.15, -0.1) is 0 Å². The van der Waals surface area contributed by atoms with Crippen molar-refractivity contribution in [1.82, 2.24) is 4.98 Å². The molecule has 1 aliphatic rings. The molecule has 7 heteroatoms. The van der Waals surface area contributed by atoms with E-state index in [4.69, 9.17) is 18.9 Å². The molecule has 26 heavy (non-hydrogen) atoms. The molecule has 1 amide bonds. The fourth-order valence-corrected chi connectivity index (χ4v) is 2.55. The third kappa shape index (κ3) is 3.95. The minimum absolute atomic E-state index is 0.183. The highest BCUT2D eigenvalue weighted by Crippen LogP contribution is 2.33. The van der Waals surface area contributed by atoms with Crippen molar-refractivity contribution in [2.45, 2.75) is 13.2 Å². The number of carbonyl (C=O) groups is 1. The number of nitrogens with one attached hydrogen (secondary N) is 1. The van der Waals surface area contributed by atoms with Crippen LogP contribution in [-0.4, -0.2) is 38.3 Å². The molecular formula is C19H22N2O5. The standard InChI is InChI=1S/C19H22N2O5/c1-19(18(22)21-14-6-9-16(24-3)20-10-14)11-25-17(26-12-19)13-4-7-15(23-2)8-5-13/h4-10,17H,11-12H2,1-3H3,(H,21,22). The molecule has 3 rings (SSSR count). The maximum atomic E-state index is 12.6. The first kappa shape index (κ1) is 18.2. The van der Waals surface area contributed by atoms with Gasteiger partial charge in [0.15, 0.2) is 6.29 Å². The Labute approximate surface area is 152 Å². The Kier molecular flexibility index (Phi) is 5.39. The molecule has 0 radical (unpaired) electrons. The summed E-state index contributed by atoms with van der Waals surface area (Å²) in [5.74, 6) is 1.07. The van der Waals surface area contributed by atoms with Gasteiger partial charge in [-0.3, -0.25) is 4.79 Å². The topological polar surface area (TPSA) is 78.9 Å². The summed E-state index contributed by atoms with van der Waals surface area (Å²) in [5.41, 5.74) is 0.685. The molecule has 0 bridgehead atoms. The van der Waals surface area contributed by atoms with Gasteiger partial charge in [-0.25, -0.2) is 4.98 Å². The molecule has 0 saturated carbocycles. The number of anilines is 1. The van der Waals surface area contributed by atoms with Crippen LogP contribution in [0.1, 0.15) is 18.8 Å². The minimum Gasteiger partial charge on any atom is -0.497 e. The highest BCUT2D eigenvalue weighted by molar-refractivity contribution is 5.95. The number of ether oxygens (including phenoxy) is 4. The first-order valence-corrected chi connectivity index (χ1v) is 8.23. The fourth-order valence-electron chi connectivity index (χ4n) is 2.55. The van der Waals surface area contributed by atoms with Crippen LogP contribution >= 0.6 is 0 Å². The smallest absolute Gasteiger partial charge is 0.235 e. The first-order chi connectivity index (χ1) is 12.5. The van der Waals surface area contributed by atoms with Gasteiger partial charge in [0.1, 0.15) is 5.75 Å². The van der Waals surface area contributed by atoms with Crippen LogP contribution in [0.25, 0.3) is 0 Å². The predicted octanol–water partition coefficient (Wildman–Crippen LogP) is 2.79. The summed E-state index contributed by atoms with van der Waals surface area (Å²) in [6.07, 6.45) is 1.05. The van der Waals surface area contributed by atoms with Crippen molar-refractivity contribution >= 4 is 11.6 Å². The van der Waals surface area contributed by atoms with Crippen molar-refractivity contribution in [3.63, 3.8) is 0 Å². The molecule has 1 aliphatic heterocycles. The lowest BCUT2D eigenvalue weighted by molar-refractivity contribution is -0.226. The molecule has 1 aromatic heterocycles. The Hall–Kier alpha value is -2.64. The first-order valence-electron chi connectivity index (χ1n) is 8.23. The summed E-state index contributed by atoms with van der Waals surface area (Å²) < 4.78 is 21.7. The number of pyridine rings is 1. The lowest BCUT2D eigenvalue weighted by atomic mass is 9.90. The molecule has 7 nitrogen and oxygen atoms in total. The van der Waals surface area contributed by atoms with Crippen molar-refractivity contribution in [3.05, 3.63) is 48.2 Å². The number of hydrogen-bond donors (Lipinski definition) is 1. The number of carbonyl (C=O) groups excluding carboxylic acids is 1. The van der Waals surface area contributed by atoms with E-state index in [0.717, 1.165) is 11.3 Å². The second-order valence-corrected chi connectivity index (χ2v) is 6.33. The molecule has 1 aromatic carbocycles. The number of benzene rings is 1. The summed E-state index contributed by atoms with van der Waals surface area (Å²) in [4.78, 5) is 16.7. The van der Waals surface area contributed by atoms with Crippen LogP contribution in [0.15, 0.2) is 42.6 Å². The molecule has 0 aliphatic carbocycles. The van der Waals surface area contributed by atoms with Crippen molar-refractivity contribution in [3.8, 4) is 11.6 Å². The molecule has 138 valence electrons. The van der Waals surface area contributed by atoms with Crippen molar-refractivity contribution < 1.29 is 23.7 Å². The van der Waals surface area contributed by atoms with Crippen LogP contribution in [0.5, 0.6) is 11.6 Å². The third-order valence-corrected chi connectivity index (χ3v) is 4.25. The van der Waals surface area contributed by atoms with Crippen molar-refractivity contribution in [2.24, 2.45) is 5.41 Å². The van der Waals surface area contributed by atoms with E-state index in [0.29, 0.717) is 11.6 Å². The SMILES string of the molecule is COc1ccc(C2OCC(C)(C(=O)Nc3ccc(OC)nc3)CO2)cc1. The van der Waals surface area contributed by atoms with Gasteiger partial charge in [0.05, 0.1) is 44.7 Å². The Bertz CT molecular complexity index is 738. The van der Waals surface area contributed by atoms with Crippen LogP contribution in [0.4, 0.5) is 5.69 Å². The molecule has 0 spiro atoms. The van der Waals surface area contributed by atoms with Crippen LogP contribution in [0.2, 0.25) is 0 Å². The summed E-state index contributed by atoms with van der Waals surface area (Å²) in [7, 11) is 3.16. The molecule has 2 heterocycles. The van der Waals surface area contributed by atoms with Gasteiger partial charge >= 0.3 is 0 Å². The average molecular weight is 358 g/mol. The largest absolute Gasteiger partial charge is 0.497 e. The lowest BCUT2D eigenvalue weighted by Crippen LogP contribution is -2.45. The van der Waals surface area contributed by atoms with E-state index in [1.54, 1.807) is 25.4 Å². The van der Waals surface area contributed by atoms with Gasteiger partial charge in [-0.1, -0.05) is 12.1 Å². The van der Waals surface area contributed by atoms with E-state index >= 15 is 0 Å². The Morgan fingerprint density at radius 3 is 2.35 bits per heavy atom. The molecule has 1 saturated heterocycles. The lowest BCUT2D eigenvalue weighted by Gasteiger charge is -2.36. The number of amides is 1. The van der Waals surface area contributed by atoms with E-state index in [1.807, 2.05) is 31.2 Å². The Morgan fingerprint density at radius 1 is 1.12 bits per heavy atom. The van der Waals surface area contributed by atoms with E-state index in [-0.39, 0.29) is 19.1 Å². The van der Waals surface area contributed by atoms with E-state index in [1.165, 1.54) is 7.11 Å². The number of hydrogen-bond acceptors (Lipinski definition) is 6. The Morgan fingerprint density at radius 2 is 1.81 bits per heavy atom. The summed E-state index contributed by atoms with van der Waals surface area (Å²) in [6.45, 7) is 2.31. The number of methoxy groups -OCH3 is 2. The monoisotopic (exact) mass is 358 g/mol. The minimum atomic E-state index is -0.789. The number of aromatic nitrogens is 1. The summed E-state index contributed by atoms with van der Waals surface area (Å²) >= 11 is 0.